The van der Waals surface area contributed by atoms with Crippen LogP contribution in [-0.2, 0) is 0 Å². The van der Waals surface area contributed by atoms with Crippen LogP contribution in [0.15, 0.2) is 24.3 Å². The zero-order valence-electron chi connectivity index (χ0n) is 8.16. The summed E-state index contributed by atoms with van der Waals surface area (Å²) in [5, 5.41) is 3.08. The molecule has 0 amide bonds. The number of H-pyrrole nitrogens is 1. The van der Waals surface area contributed by atoms with E-state index in [1.807, 2.05) is 24.3 Å². The zero-order chi connectivity index (χ0) is 10.3. The first-order valence-electron chi connectivity index (χ1n) is 5.04. The Balaban J connectivity index is 2.00. The second-order valence-electron chi connectivity index (χ2n) is 3.82. The van der Waals surface area contributed by atoms with Crippen LogP contribution < -0.4 is 5.32 Å². The van der Waals surface area contributed by atoms with Crippen LogP contribution in [0.5, 0.6) is 0 Å². The van der Waals surface area contributed by atoms with Gasteiger partial charge in [-0.1, -0.05) is 12.1 Å². The lowest BCUT2D eigenvalue weighted by Gasteiger charge is -2.24. The number of ketones is 1. The molecule has 15 heavy (non-hydrogen) atoms. The van der Waals surface area contributed by atoms with E-state index in [0.29, 0.717) is 5.82 Å². The molecule has 0 atom stereocenters. The first kappa shape index (κ1) is 8.61. The summed E-state index contributed by atoms with van der Waals surface area (Å²) in [6.07, 6.45) is 0. The van der Waals surface area contributed by atoms with Gasteiger partial charge in [0.25, 0.3) is 0 Å². The van der Waals surface area contributed by atoms with Crippen molar-refractivity contribution in [1.82, 2.24) is 15.3 Å². The fourth-order valence-corrected chi connectivity index (χ4v) is 1.74. The number of aromatic nitrogens is 2. The molecule has 2 heterocycles. The van der Waals surface area contributed by atoms with Gasteiger partial charge in [0.1, 0.15) is 0 Å². The normalized spacial score (nSPS) is 16.5. The van der Waals surface area contributed by atoms with Crippen LogP contribution in [0.2, 0.25) is 0 Å². The van der Waals surface area contributed by atoms with Gasteiger partial charge in [-0.3, -0.25) is 4.79 Å². The van der Waals surface area contributed by atoms with Gasteiger partial charge in [-0.25, -0.2) is 4.98 Å². The number of carbonyl (C=O) groups excluding carboxylic acids is 1. The number of aromatic amines is 1. The van der Waals surface area contributed by atoms with E-state index in [-0.39, 0.29) is 11.7 Å². The van der Waals surface area contributed by atoms with Crippen molar-refractivity contribution in [3.63, 3.8) is 0 Å². The average Bonchev–Trinajstić information content (AvgIpc) is 2.58. The van der Waals surface area contributed by atoms with E-state index in [2.05, 4.69) is 15.3 Å². The van der Waals surface area contributed by atoms with Crippen LogP contribution >= 0.6 is 0 Å². The summed E-state index contributed by atoms with van der Waals surface area (Å²) in [7, 11) is 0. The number of para-hydroxylation sites is 2. The highest BCUT2D eigenvalue weighted by molar-refractivity contribution is 5.98. The Labute approximate surface area is 86.7 Å². The largest absolute Gasteiger partial charge is 0.335 e. The Hall–Kier alpha value is -1.68. The van der Waals surface area contributed by atoms with E-state index in [4.69, 9.17) is 0 Å². The highest BCUT2D eigenvalue weighted by atomic mass is 16.1. The molecule has 4 heteroatoms. The number of imidazole rings is 1. The standard InChI is InChI=1S/C11H11N3O/c15-10(7-5-12-6-7)11-13-8-3-1-2-4-9(8)14-11/h1-4,7,12H,5-6H2,(H,13,14). The van der Waals surface area contributed by atoms with Gasteiger partial charge in [0.2, 0.25) is 5.78 Å². The van der Waals surface area contributed by atoms with Crippen molar-refractivity contribution in [2.24, 2.45) is 5.92 Å². The minimum absolute atomic E-state index is 0.102. The Kier molecular flexibility index (Phi) is 1.82. The van der Waals surface area contributed by atoms with E-state index in [1.54, 1.807) is 0 Å². The van der Waals surface area contributed by atoms with Gasteiger partial charge in [0.05, 0.1) is 17.0 Å². The molecule has 0 bridgehead atoms. The first-order valence-corrected chi connectivity index (χ1v) is 5.04. The number of carbonyl (C=O) groups is 1. The quantitative estimate of drug-likeness (QED) is 0.712. The number of nitrogens with one attached hydrogen (secondary N) is 2. The zero-order valence-corrected chi connectivity index (χ0v) is 8.16. The Morgan fingerprint density at radius 1 is 1.33 bits per heavy atom. The van der Waals surface area contributed by atoms with Crippen LogP contribution in [0.1, 0.15) is 10.6 Å². The number of fused-ring (bicyclic) bond motifs is 1. The van der Waals surface area contributed by atoms with Gasteiger partial charge in [0, 0.05) is 13.1 Å². The van der Waals surface area contributed by atoms with Crippen molar-refractivity contribution in [2.75, 3.05) is 13.1 Å². The Morgan fingerprint density at radius 3 is 2.80 bits per heavy atom. The first-order chi connectivity index (χ1) is 7.34. The highest BCUT2D eigenvalue weighted by Gasteiger charge is 2.27. The van der Waals surface area contributed by atoms with Gasteiger partial charge >= 0.3 is 0 Å². The summed E-state index contributed by atoms with van der Waals surface area (Å²) in [6, 6.07) is 7.68. The third-order valence-corrected chi connectivity index (χ3v) is 2.78. The molecule has 1 aliphatic rings. The van der Waals surface area contributed by atoms with Gasteiger partial charge in [-0.2, -0.15) is 0 Å². The van der Waals surface area contributed by atoms with Crippen molar-refractivity contribution >= 4 is 16.8 Å². The van der Waals surface area contributed by atoms with Crippen LogP contribution in [0.25, 0.3) is 11.0 Å². The fraction of sp³-hybridized carbons (Fsp3) is 0.273. The molecule has 0 saturated carbocycles. The molecule has 1 aliphatic heterocycles. The summed E-state index contributed by atoms with van der Waals surface area (Å²) in [6.45, 7) is 1.55. The lowest BCUT2D eigenvalue weighted by atomic mass is 9.98. The van der Waals surface area contributed by atoms with Gasteiger partial charge < -0.3 is 10.3 Å². The molecule has 0 radical (unpaired) electrons. The molecule has 2 N–H and O–H groups in total. The van der Waals surface area contributed by atoms with Crippen LogP contribution in [-0.4, -0.2) is 28.8 Å². The number of benzene rings is 1. The van der Waals surface area contributed by atoms with Crippen molar-refractivity contribution in [2.45, 2.75) is 0 Å². The number of hydrogen-bond acceptors (Lipinski definition) is 3. The molecule has 3 rings (SSSR count). The van der Waals surface area contributed by atoms with E-state index in [1.165, 1.54) is 0 Å². The summed E-state index contributed by atoms with van der Waals surface area (Å²) in [4.78, 5) is 19.2. The van der Waals surface area contributed by atoms with Gasteiger partial charge in [-0.05, 0) is 12.1 Å². The molecule has 0 spiro atoms. The molecular formula is C11H11N3O. The Bertz CT molecular complexity index is 480. The number of rotatable bonds is 2. The predicted molar refractivity (Wildman–Crippen MR) is 56.8 cm³/mol. The molecule has 1 aromatic carbocycles. The van der Waals surface area contributed by atoms with Crippen molar-refractivity contribution in [3.8, 4) is 0 Å². The minimum atomic E-state index is 0.102. The number of nitrogens with zero attached hydrogens (tertiary/aromatic N) is 1. The summed E-state index contributed by atoms with van der Waals surface area (Å²) in [5.41, 5.74) is 1.78. The van der Waals surface area contributed by atoms with Gasteiger partial charge in [0.15, 0.2) is 5.82 Å². The number of Topliss-reactive ketones (excluding diaryl/α,β-unsaturated/α-hetero) is 1. The molecule has 0 aliphatic carbocycles. The maximum Gasteiger partial charge on any atom is 0.203 e. The monoisotopic (exact) mass is 201 g/mol. The Morgan fingerprint density at radius 2 is 2.13 bits per heavy atom. The third-order valence-electron chi connectivity index (χ3n) is 2.78. The predicted octanol–water partition coefficient (Wildman–Crippen LogP) is 0.965. The summed E-state index contributed by atoms with van der Waals surface area (Å²) >= 11 is 0. The second kappa shape index (κ2) is 3.17. The van der Waals surface area contributed by atoms with Crippen molar-refractivity contribution in [1.29, 1.82) is 0 Å². The molecule has 76 valence electrons. The number of hydrogen-bond donors (Lipinski definition) is 2. The molecule has 0 unspecified atom stereocenters. The summed E-state index contributed by atoms with van der Waals surface area (Å²) < 4.78 is 0. The van der Waals surface area contributed by atoms with Crippen molar-refractivity contribution < 1.29 is 4.79 Å². The van der Waals surface area contributed by atoms with Crippen LogP contribution in [0.4, 0.5) is 0 Å². The van der Waals surface area contributed by atoms with Crippen molar-refractivity contribution in [3.05, 3.63) is 30.1 Å². The smallest absolute Gasteiger partial charge is 0.203 e. The molecule has 2 aromatic rings. The molecule has 1 aromatic heterocycles. The minimum Gasteiger partial charge on any atom is -0.335 e. The van der Waals surface area contributed by atoms with E-state index >= 15 is 0 Å². The van der Waals surface area contributed by atoms with Crippen LogP contribution in [0, 0.1) is 5.92 Å². The topological polar surface area (TPSA) is 57.8 Å². The maximum absolute atomic E-state index is 11.9. The third kappa shape index (κ3) is 1.34. The average molecular weight is 201 g/mol. The lowest BCUT2D eigenvalue weighted by Crippen LogP contribution is -2.46. The second-order valence-corrected chi connectivity index (χ2v) is 3.82. The molecule has 1 saturated heterocycles. The highest BCUT2D eigenvalue weighted by Crippen LogP contribution is 2.15. The fourth-order valence-electron chi connectivity index (χ4n) is 1.74. The molecular weight excluding hydrogens is 190 g/mol. The van der Waals surface area contributed by atoms with E-state index in [0.717, 1.165) is 24.1 Å². The molecule has 1 fully saturated rings. The SMILES string of the molecule is O=C(c1nc2ccccc2[nH]1)C1CNC1. The van der Waals surface area contributed by atoms with Crippen LogP contribution in [0.3, 0.4) is 0 Å². The van der Waals surface area contributed by atoms with E-state index < -0.39 is 0 Å². The molecule has 4 nitrogen and oxygen atoms in total. The lowest BCUT2D eigenvalue weighted by molar-refractivity contribution is 0.0868. The van der Waals surface area contributed by atoms with E-state index in [9.17, 15) is 4.79 Å². The maximum atomic E-state index is 11.9. The summed E-state index contributed by atoms with van der Waals surface area (Å²) in [5.74, 6) is 0.707. The van der Waals surface area contributed by atoms with Gasteiger partial charge in [-0.15, -0.1) is 0 Å².